The lowest BCUT2D eigenvalue weighted by molar-refractivity contribution is -0.142. The molecular formula is C53H70N8O8. The van der Waals surface area contributed by atoms with Crippen LogP contribution in [0, 0.1) is 17.8 Å². The Bertz CT molecular complexity index is 2430. The molecule has 2 aromatic heterocycles. The van der Waals surface area contributed by atoms with E-state index in [2.05, 4.69) is 96.8 Å². The number of carbonyl (C=O) groups excluding carboxylic acids is 4. The van der Waals surface area contributed by atoms with Gasteiger partial charge in [-0.05, 0) is 138 Å². The van der Waals surface area contributed by atoms with E-state index in [9.17, 15) is 19.2 Å². The number of nitrogens with one attached hydrogen (secondary N) is 4. The Hall–Kier alpha value is -5.74. The van der Waals surface area contributed by atoms with Crippen LogP contribution < -0.4 is 10.6 Å². The molecule has 0 radical (unpaired) electrons. The fraction of sp³-hybridized carbons (Fsp3) is 0.585. The smallest absolute Gasteiger partial charge is 0.407 e. The zero-order chi connectivity index (χ0) is 48.5. The van der Waals surface area contributed by atoms with Crippen LogP contribution in [0.4, 0.5) is 9.59 Å². The number of alkyl carbamates (subject to hydrolysis) is 2. The molecule has 5 fully saturated rings. The monoisotopic (exact) mass is 947 g/mol. The van der Waals surface area contributed by atoms with E-state index in [0.29, 0.717) is 25.2 Å². The molecule has 0 unspecified atom stereocenters. The van der Waals surface area contributed by atoms with Crippen molar-refractivity contribution in [2.75, 3.05) is 14.2 Å². The number of nitrogens with zero attached hydrogens (tertiary/aromatic N) is 4. The number of ether oxygens (including phenoxy) is 4. The summed E-state index contributed by atoms with van der Waals surface area (Å²) in [6, 6.07) is 14.7. The van der Waals surface area contributed by atoms with Gasteiger partial charge in [0.15, 0.2) is 0 Å². The fourth-order valence-electron chi connectivity index (χ4n) is 11.8. The summed E-state index contributed by atoms with van der Waals surface area (Å²) in [5.41, 5.74) is 5.78. The summed E-state index contributed by atoms with van der Waals surface area (Å²) in [4.78, 5) is 74.9. The molecule has 6 heterocycles. The highest BCUT2D eigenvalue weighted by Crippen LogP contribution is 2.44. The van der Waals surface area contributed by atoms with Crippen molar-refractivity contribution in [1.29, 1.82) is 0 Å². The van der Waals surface area contributed by atoms with E-state index in [0.717, 1.165) is 96.7 Å². The maximum Gasteiger partial charge on any atom is 0.407 e. The first kappa shape index (κ1) is 48.3. The predicted molar refractivity (Wildman–Crippen MR) is 259 cm³/mol. The van der Waals surface area contributed by atoms with Crippen molar-refractivity contribution in [2.45, 2.75) is 166 Å². The van der Waals surface area contributed by atoms with Crippen LogP contribution in [0.3, 0.4) is 0 Å². The number of aromatic nitrogens is 4. The van der Waals surface area contributed by atoms with Crippen molar-refractivity contribution in [3.63, 3.8) is 0 Å². The highest BCUT2D eigenvalue weighted by atomic mass is 16.5. The summed E-state index contributed by atoms with van der Waals surface area (Å²) < 4.78 is 22.4. The molecule has 69 heavy (non-hydrogen) atoms. The number of methoxy groups -OCH3 is 2. The van der Waals surface area contributed by atoms with Gasteiger partial charge in [0.1, 0.15) is 23.7 Å². The zero-order valence-corrected chi connectivity index (χ0v) is 41.1. The van der Waals surface area contributed by atoms with E-state index in [1.165, 1.54) is 14.2 Å². The Labute approximate surface area is 405 Å². The van der Waals surface area contributed by atoms with Gasteiger partial charge in [-0.25, -0.2) is 19.6 Å². The number of likely N-dealkylation sites (tertiary alicyclic amines) is 2. The number of amides is 4. The van der Waals surface area contributed by atoms with Crippen molar-refractivity contribution < 1.29 is 38.1 Å². The number of H-pyrrole nitrogens is 2. The van der Waals surface area contributed by atoms with E-state index >= 15 is 0 Å². The molecule has 12 atom stereocenters. The summed E-state index contributed by atoms with van der Waals surface area (Å²) in [5, 5.41) is 5.84. The van der Waals surface area contributed by atoms with Crippen LogP contribution in [0.15, 0.2) is 60.9 Å². The van der Waals surface area contributed by atoms with E-state index in [4.69, 9.17) is 28.9 Å². The molecule has 1 aliphatic carbocycles. The van der Waals surface area contributed by atoms with E-state index < -0.39 is 24.3 Å². The lowest BCUT2D eigenvalue weighted by atomic mass is 9.83. The third kappa shape index (κ3) is 10.4. The third-order valence-electron chi connectivity index (χ3n) is 15.6. The number of hydrogen-bond acceptors (Lipinski definition) is 10. The molecule has 16 nitrogen and oxygen atoms in total. The fourth-order valence-corrected chi connectivity index (χ4v) is 11.8. The quantitative estimate of drug-likeness (QED) is 0.101. The molecular weight excluding hydrogens is 877 g/mol. The minimum Gasteiger partial charge on any atom is -0.453 e. The second-order valence-electron chi connectivity index (χ2n) is 20.4. The van der Waals surface area contributed by atoms with Gasteiger partial charge in [-0.15, -0.1) is 0 Å². The molecule has 4 aromatic rings. The number of rotatable bonds is 13. The molecule has 4 amide bonds. The highest BCUT2D eigenvalue weighted by Gasteiger charge is 2.48. The van der Waals surface area contributed by atoms with Crippen molar-refractivity contribution in [2.24, 2.45) is 17.8 Å². The summed E-state index contributed by atoms with van der Waals surface area (Å²) >= 11 is 0. The molecule has 9 rings (SSSR count). The van der Waals surface area contributed by atoms with Gasteiger partial charge in [0.2, 0.25) is 11.8 Å². The number of carbonyl (C=O) groups is 4. The third-order valence-corrected chi connectivity index (χ3v) is 15.6. The lowest BCUT2D eigenvalue weighted by Crippen LogP contribution is -2.55. The molecule has 0 spiro atoms. The Kier molecular flexibility index (Phi) is 14.5. The van der Waals surface area contributed by atoms with Crippen molar-refractivity contribution >= 4 is 24.0 Å². The second kappa shape index (κ2) is 20.7. The normalized spacial score (nSPS) is 29.0. The van der Waals surface area contributed by atoms with Gasteiger partial charge < -0.3 is 49.3 Å². The highest BCUT2D eigenvalue weighted by molar-refractivity contribution is 5.88. The number of hydrogen-bond donors (Lipinski definition) is 4. The van der Waals surface area contributed by atoms with Gasteiger partial charge in [0, 0.05) is 12.1 Å². The molecule has 370 valence electrons. The Morgan fingerprint density at radius 1 is 0.623 bits per heavy atom. The van der Waals surface area contributed by atoms with Gasteiger partial charge in [-0.1, -0.05) is 55.5 Å². The first-order valence-electron chi connectivity index (χ1n) is 25.3. The maximum atomic E-state index is 14.6. The first-order chi connectivity index (χ1) is 33.3. The summed E-state index contributed by atoms with van der Waals surface area (Å²) in [7, 11) is 2.66. The van der Waals surface area contributed by atoms with Gasteiger partial charge >= 0.3 is 12.2 Å². The largest absolute Gasteiger partial charge is 0.453 e. The summed E-state index contributed by atoms with van der Waals surface area (Å²) in [6.07, 6.45) is 11.6. The molecule has 0 bridgehead atoms. The van der Waals surface area contributed by atoms with Crippen LogP contribution in [0.25, 0.3) is 33.6 Å². The van der Waals surface area contributed by atoms with Crippen LogP contribution in [-0.2, 0) is 28.5 Å². The molecule has 16 heteroatoms. The van der Waals surface area contributed by atoms with Crippen molar-refractivity contribution in [3.8, 4) is 33.6 Å². The Morgan fingerprint density at radius 2 is 1.06 bits per heavy atom. The standard InChI is InChI=1S/C53H70N8O8/c1-8-40-25-38(23-31(4)68-40)46(58-52(64)66-6)50(62)60-29(2)9-21-43(60)48-54-27-41(56-48)35-15-11-33(12-16-35)34-13-17-36(18-14-34)42-28-55-49(57-42)44-22-10-30(3)61(44)51(63)47(59-53(65)67-7)39-24-32(5)69-45(26-39)37-19-20-37/h11-18,27-32,37-40,43-47H,8-10,19-26H2,1-7H3,(H,54,56)(H,55,57)(H,58,64)(H,59,65)/t29-,30-,31+,32+,38-,39-,40+,43-,44-,45-,46-,47-/m0/s1. The van der Waals surface area contributed by atoms with E-state index in [-0.39, 0.29) is 72.2 Å². The SMILES string of the molecule is CC[C@@H]1C[C@@H]([C@H](NC(=O)OC)C(=O)N2[C@@H](C)CC[C@H]2c2ncc(-c3ccc(-c4ccc(-c5cnc([C@@H]6CC[C@H](C)N6C(=O)[C@@H](NC(=O)OC)[C@H]6C[C@@H](C)O[C@H](C7CC7)C6)[nH]5)cc4)cc3)[nH]2)C[C@@H](C)O1. The van der Waals surface area contributed by atoms with Crippen LogP contribution in [0.5, 0.6) is 0 Å². The lowest BCUT2D eigenvalue weighted by Gasteiger charge is -2.40. The van der Waals surface area contributed by atoms with Crippen LogP contribution in [0.2, 0.25) is 0 Å². The molecule has 1 saturated carbocycles. The van der Waals surface area contributed by atoms with Gasteiger partial charge in [0.05, 0.1) is 74.5 Å². The molecule has 4 aliphatic heterocycles. The number of benzene rings is 2. The predicted octanol–water partition coefficient (Wildman–Crippen LogP) is 8.87. The summed E-state index contributed by atoms with van der Waals surface area (Å²) in [5.74, 6) is 1.62. The summed E-state index contributed by atoms with van der Waals surface area (Å²) in [6.45, 7) is 10.3. The van der Waals surface area contributed by atoms with Gasteiger partial charge in [-0.2, -0.15) is 0 Å². The minimum atomic E-state index is -0.735. The van der Waals surface area contributed by atoms with E-state index in [1.807, 2.05) is 29.1 Å². The van der Waals surface area contributed by atoms with E-state index in [1.54, 1.807) is 0 Å². The topological polar surface area (TPSA) is 193 Å². The Morgan fingerprint density at radius 3 is 1.49 bits per heavy atom. The van der Waals surface area contributed by atoms with Crippen molar-refractivity contribution in [3.05, 3.63) is 72.6 Å². The average Bonchev–Trinajstić information content (AvgIpc) is 3.64. The number of aromatic amines is 2. The molecule has 4 N–H and O–H groups in total. The maximum absolute atomic E-state index is 14.6. The Balaban J connectivity index is 0.862. The molecule has 5 aliphatic rings. The zero-order valence-electron chi connectivity index (χ0n) is 41.1. The van der Waals surface area contributed by atoms with Gasteiger partial charge in [0.25, 0.3) is 0 Å². The minimum absolute atomic E-state index is 0.00402. The van der Waals surface area contributed by atoms with Crippen molar-refractivity contribution in [1.82, 2.24) is 40.4 Å². The van der Waals surface area contributed by atoms with Crippen LogP contribution >= 0.6 is 0 Å². The number of imidazole rings is 2. The van der Waals surface area contributed by atoms with Gasteiger partial charge in [-0.3, -0.25) is 9.59 Å². The van der Waals surface area contributed by atoms with Crippen LogP contribution in [-0.4, -0.2) is 117 Å². The first-order valence-corrected chi connectivity index (χ1v) is 25.3. The average molecular weight is 947 g/mol. The van der Waals surface area contributed by atoms with Crippen LogP contribution in [0.1, 0.15) is 129 Å². The molecule has 4 saturated heterocycles. The second-order valence-corrected chi connectivity index (χ2v) is 20.4. The molecule has 2 aromatic carbocycles.